The molecule has 3 aromatic rings. The number of hydrogen-bond donors (Lipinski definition) is 1. The van der Waals surface area contributed by atoms with Crippen LogP contribution in [0.4, 0.5) is 21.7 Å². The molecule has 2 N–H and O–H groups in total. The number of rotatable bonds is 8. The Morgan fingerprint density at radius 3 is 2.65 bits per heavy atom. The zero-order chi connectivity index (χ0) is 28.6. The van der Waals surface area contributed by atoms with Crippen LogP contribution in [0.15, 0.2) is 36.5 Å². The van der Waals surface area contributed by atoms with Crippen molar-refractivity contribution >= 4 is 51.2 Å². The molecule has 13 heteroatoms. The highest BCUT2D eigenvalue weighted by atomic mass is 32.2. The highest BCUT2D eigenvalue weighted by molar-refractivity contribution is 7.80. The van der Waals surface area contributed by atoms with Gasteiger partial charge >= 0.3 is 5.97 Å². The van der Waals surface area contributed by atoms with Crippen molar-refractivity contribution in [2.24, 2.45) is 0 Å². The number of fused-ring (bicyclic) bond motifs is 1. The number of carbonyl (C=O) groups excluding carboxylic acids is 2. The van der Waals surface area contributed by atoms with Crippen molar-refractivity contribution in [2.75, 3.05) is 41.7 Å². The summed E-state index contributed by atoms with van der Waals surface area (Å²) in [5, 5.41) is 0.700. The van der Waals surface area contributed by atoms with Crippen LogP contribution in [0.2, 0.25) is 0 Å². The quantitative estimate of drug-likeness (QED) is 0.319. The van der Waals surface area contributed by atoms with Crippen molar-refractivity contribution in [3.8, 4) is 0 Å². The van der Waals surface area contributed by atoms with Crippen LogP contribution in [-0.2, 0) is 32.0 Å². The van der Waals surface area contributed by atoms with E-state index in [9.17, 15) is 18.4 Å². The van der Waals surface area contributed by atoms with Gasteiger partial charge in [0.05, 0.1) is 19.0 Å². The van der Waals surface area contributed by atoms with Gasteiger partial charge in [0.25, 0.3) is 0 Å². The third kappa shape index (κ3) is 5.18. The largest absolute Gasteiger partial charge is 0.755 e. The number of nitrogens with zero attached hydrogens (tertiary/aromatic N) is 5. The molecule has 2 fully saturated rings. The fourth-order valence-electron chi connectivity index (χ4n) is 5.54. The molecule has 212 valence electrons. The lowest BCUT2D eigenvalue weighted by Gasteiger charge is -2.32. The van der Waals surface area contributed by atoms with Gasteiger partial charge < -0.3 is 24.8 Å². The molecule has 11 nitrogen and oxygen atoms in total. The molecule has 2 aliphatic heterocycles. The van der Waals surface area contributed by atoms with Gasteiger partial charge in [-0.25, -0.2) is 19.2 Å². The smallest absolute Gasteiger partial charge is 0.328 e. The second-order valence-electron chi connectivity index (χ2n) is 9.97. The first-order valence-electron chi connectivity index (χ1n) is 13.0. The zero-order valence-corrected chi connectivity index (χ0v) is 23.0. The minimum atomic E-state index is -2.79. The van der Waals surface area contributed by atoms with Crippen molar-refractivity contribution in [3.05, 3.63) is 53.6 Å². The minimum absolute atomic E-state index is 0.0848. The highest BCUT2D eigenvalue weighted by Crippen LogP contribution is 2.31. The van der Waals surface area contributed by atoms with Crippen LogP contribution in [-0.4, -0.2) is 74.3 Å². The molecular weight excluding hydrogens is 539 g/mol. The van der Waals surface area contributed by atoms with E-state index in [4.69, 9.17) is 10.5 Å². The fourth-order valence-corrected chi connectivity index (χ4v) is 6.23. The van der Waals surface area contributed by atoms with Crippen molar-refractivity contribution < 1.29 is 27.5 Å². The Bertz CT molecular complexity index is 1470. The number of amides is 1. The van der Waals surface area contributed by atoms with Crippen LogP contribution in [0.3, 0.4) is 0 Å². The van der Waals surface area contributed by atoms with Crippen molar-refractivity contribution in [3.63, 3.8) is 0 Å². The third-order valence-corrected chi connectivity index (χ3v) is 8.31. The second-order valence-corrected chi connectivity index (χ2v) is 10.8. The summed E-state index contributed by atoms with van der Waals surface area (Å²) in [5.74, 6) is -0.943. The van der Waals surface area contributed by atoms with E-state index in [1.807, 2.05) is 0 Å². The molecule has 5 rings (SSSR count). The molecule has 3 atom stereocenters. The van der Waals surface area contributed by atoms with Gasteiger partial charge in [-0.2, -0.15) is 0 Å². The number of ether oxygens (including phenoxy) is 1. The number of hydrogen-bond acceptors (Lipinski definition) is 9. The molecule has 0 bridgehead atoms. The first-order chi connectivity index (χ1) is 19.2. The maximum Gasteiger partial charge on any atom is 0.328 e. The Labute approximate surface area is 233 Å². The van der Waals surface area contributed by atoms with Crippen LogP contribution < -0.4 is 14.9 Å². The van der Waals surface area contributed by atoms with E-state index in [-0.39, 0.29) is 41.8 Å². The molecular formula is C27H30FN6O5S-. The minimum Gasteiger partial charge on any atom is -0.755 e. The van der Waals surface area contributed by atoms with Crippen LogP contribution in [0.1, 0.15) is 30.5 Å². The first-order valence-corrected chi connectivity index (χ1v) is 14.0. The Morgan fingerprint density at radius 2 is 2.00 bits per heavy atom. The molecule has 1 amide bonds. The Morgan fingerprint density at radius 1 is 1.25 bits per heavy atom. The SMILES string of the molecule is COC(=O)[C@@H](Cc1ccc2c(N)nc(C)cc2c1F)N1CC[C@H](N(c2ccc(N3CCCC3)nc2)S(=O)[O-])C1=O. The van der Waals surface area contributed by atoms with Gasteiger partial charge in [-0.05, 0) is 49.9 Å². The average Bonchev–Trinajstić information content (AvgIpc) is 3.60. The normalized spacial score (nSPS) is 18.8. The lowest BCUT2D eigenvalue weighted by molar-refractivity contribution is -0.151. The van der Waals surface area contributed by atoms with Crippen molar-refractivity contribution in [1.82, 2.24) is 14.9 Å². The van der Waals surface area contributed by atoms with Gasteiger partial charge in [0, 0.05) is 53.8 Å². The molecule has 2 aliphatic rings. The van der Waals surface area contributed by atoms with Crippen LogP contribution in [0, 0.1) is 12.7 Å². The standard InChI is InChI=1S/C27H31FN6O5S/c1-16-13-20-19(25(29)31-16)7-5-17(24(20)28)14-22(27(36)39-2)33-12-9-21(26(33)35)34(40(37)38)18-6-8-23(30-15-18)32-10-3-4-11-32/h5-8,13,15,21-22H,3-4,9-12,14H2,1-2H3,(H2,29,31)(H,37,38)/p-1/t21-,22+/m0/s1. The monoisotopic (exact) mass is 569 g/mol. The van der Waals surface area contributed by atoms with Crippen molar-refractivity contribution in [1.29, 1.82) is 0 Å². The summed E-state index contributed by atoms with van der Waals surface area (Å²) in [6.07, 6.45) is 3.55. The van der Waals surface area contributed by atoms with E-state index in [0.29, 0.717) is 11.1 Å². The topological polar surface area (TPSA) is 145 Å². The molecule has 4 heterocycles. The Kier molecular flexibility index (Phi) is 7.86. The molecule has 2 aromatic heterocycles. The summed E-state index contributed by atoms with van der Waals surface area (Å²) >= 11 is -2.79. The maximum absolute atomic E-state index is 15.6. The number of aromatic nitrogens is 2. The summed E-state index contributed by atoms with van der Waals surface area (Å²) in [5.41, 5.74) is 6.93. The maximum atomic E-state index is 15.6. The summed E-state index contributed by atoms with van der Waals surface area (Å²) in [6, 6.07) is 5.82. The fraction of sp³-hybridized carbons (Fsp3) is 0.407. The van der Waals surface area contributed by atoms with Gasteiger partial charge in [0.15, 0.2) is 0 Å². The van der Waals surface area contributed by atoms with E-state index in [1.54, 1.807) is 31.2 Å². The molecule has 0 aliphatic carbocycles. The average molecular weight is 570 g/mol. The van der Waals surface area contributed by atoms with E-state index in [1.165, 1.54) is 24.3 Å². The lowest BCUT2D eigenvalue weighted by atomic mass is 10.00. The van der Waals surface area contributed by atoms with E-state index in [2.05, 4.69) is 14.9 Å². The van der Waals surface area contributed by atoms with E-state index >= 15 is 4.39 Å². The molecule has 1 aromatic carbocycles. The number of pyridine rings is 2. The molecule has 1 unspecified atom stereocenters. The number of esters is 1. The number of anilines is 3. The summed E-state index contributed by atoms with van der Waals surface area (Å²) in [7, 11) is 1.19. The van der Waals surface area contributed by atoms with Crippen LogP contribution in [0.25, 0.3) is 10.8 Å². The molecule has 40 heavy (non-hydrogen) atoms. The highest BCUT2D eigenvalue weighted by Gasteiger charge is 2.43. The van der Waals surface area contributed by atoms with Crippen LogP contribution in [0.5, 0.6) is 0 Å². The lowest BCUT2D eigenvalue weighted by Crippen LogP contribution is -2.49. The Hall–Kier alpha value is -3.84. The molecule has 0 radical (unpaired) electrons. The van der Waals surface area contributed by atoms with Gasteiger partial charge in [-0.15, -0.1) is 0 Å². The van der Waals surface area contributed by atoms with Crippen LogP contribution >= 0.6 is 0 Å². The summed E-state index contributed by atoms with van der Waals surface area (Å²) in [4.78, 5) is 38.4. The third-order valence-electron chi connectivity index (χ3n) is 7.52. The first kappa shape index (κ1) is 27.7. The number of halogens is 1. The number of carbonyl (C=O) groups is 2. The predicted molar refractivity (Wildman–Crippen MR) is 148 cm³/mol. The van der Waals surface area contributed by atoms with Gasteiger partial charge in [0.1, 0.15) is 29.5 Å². The number of likely N-dealkylation sites (tertiary alicyclic amines) is 1. The number of aryl methyl sites for hydroxylation is 1. The number of benzene rings is 1. The van der Waals surface area contributed by atoms with Crippen molar-refractivity contribution in [2.45, 2.75) is 44.7 Å². The van der Waals surface area contributed by atoms with Gasteiger partial charge in [-0.1, -0.05) is 12.1 Å². The van der Waals surface area contributed by atoms with Gasteiger partial charge in [-0.3, -0.25) is 13.3 Å². The summed E-state index contributed by atoms with van der Waals surface area (Å²) in [6.45, 7) is 3.55. The zero-order valence-electron chi connectivity index (χ0n) is 22.2. The van der Waals surface area contributed by atoms with E-state index < -0.39 is 41.0 Å². The molecule has 2 saturated heterocycles. The number of nitrogens with two attached hydrogens (primary N) is 1. The second kappa shape index (κ2) is 11.3. The van der Waals surface area contributed by atoms with E-state index in [0.717, 1.165) is 36.1 Å². The Balaban J connectivity index is 1.41. The van der Waals surface area contributed by atoms with Gasteiger partial charge in [0.2, 0.25) is 5.91 Å². The summed E-state index contributed by atoms with van der Waals surface area (Å²) < 4.78 is 46.2. The number of nitrogen functional groups attached to an aromatic ring is 1. The predicted octanol–water partition coefficient (Wildman–Crippen LogP) is 2.25. The number of methoxy groups -OCH3 is 1. The molecule has 0 saturated carbocycles. The molecule has 0 spiro atoms.